The highest BCUT2D eigenvalue weighted by Gasteiger charge is 2.30. The van der Waals surface area contributed by atoms with Gasteiger partial charge in [0.15, 0.2) is 0 Å². The zero-order chi connectivity index (χ0) is 20.2. The lowest BCUT2D eigenvalue weighted by atomic mass is 10.00. The Balaban J connectivity index is 1.97. The Kier molecular flexibility index (Phi) is 7.10. The molecule has 9 heteroatoms. The number of carbonyl (C=O) groups is 1. The summed E-state index contributed by atoms with van der Waals surface area (Å²) >= 11 is 5.96. The van der Waals surface area contributed by atoms with Gasteiger partial charge in [0.2, 0.25) is 10.0 Å². The van der Waals surface area contributed by atoms with Crippen LogP contribution in [0.5, 0.6) is 0 Å². The van der Waals surface area contributed by atoms with Crippen LogP contribution in [-0.2, 0) is 20.5 Å². The van der Waals surface area contributed by atoms with Gasteiger partial charge in [-0.25, -0.2) is 21.9 Å². The number of nitrogens with one attached hydrogen (secondary N) is 1. The molecule has 0 spiro atoms. The SMILES string of the molecule is CC(C)(C)OC(=O)NCC1CCCN(S(=O)(=O)Cc2c(F)cccc2Cl)C1. The van der Waals surface area contributed by atoms with Crippen molar-refractivity contribution in [2.45, 2.75) is 45.0 Å². The van der Waals surface area contributed by atoms with Gasteiger partial charge in [-0.3, -0.25) is 0 Å². The number of alkyl carbamates (subject to hydrolysis) is 1. The molecule has 1 aliphatic rings. The molecule has 6 nitrogen and oxygen atoms in total. The molecule has 152 valence electrons. The van der Waals surface area contributed by atoms with Gasteiger partial charge in [0.05, 0.1) is 5.75 Å². The van der Waals surface area contributed by atoms with Crippen LogP contribution < -0.4 is 5.32 Å². The second kappa shape index (κ2) is 8.75. The highest BCUT2D eigenvalue weighted by Crippen LogP contribution is 2.25. The molecule has 0 saturated carbocycles. The van der Waals surface area contributed by atoms with Gasteiger partial charge in [-0.2, -0.15) is 0 Å². The lowest BCUT2D eigenvalue weighted by Gasteiger charge is -2.32. The van der Waals surface area contributed by atoms with E-state index in [2.05, 4.69) is 5.32 Å². The summed E-state index contributed by atoms with van der Waals surface area (Å²) in [6.07, 6.45) is 0.938. The van der Waals surface area contributed by atoms with Crippen LogP contribution >= 0.6 is 11.6 Å². The van der Waals surface area contributed by atoms with E-state index in [-0.39, 0.29) is 23.0 Å². The standard InChI is InChI=1S/C18H26ClFN2O4S/c1-18(2,3)26-17(23)21-10-13-6-5-9-22(11-13)27(24,25)12-14-15(19)7-4-8-16(14)20/h4,7-8,13H,5-6,9-12H2,1-3H3,(H,21,23). The molecule has 27 heavy (non-hydrogen) atoms. The van der Waals surface area contributed by atoms with Crippen molar-refractivity contribution in [2.24, 2.45) is 5.92 Å². The molecule has 1 aromatic rings. The quantitative estimate of drug-likeness (QED) is 0.790. The largest absolute Gasteiger partial charge is 0.444 e. The molecule has 1 amide bonds. The van der Waals surface area contributed by atoms with Crippen LogP contribution in [0.4, 0.5) is 9.18 Å². The molecule has 1 N–H and O–H groups in total. The maximum absolute atomic E-state index is 13.9. The highest BCUT2D eigenvalue weighted by atomic mass is 35.5. The predicted octanol–water partition coefficient (Wildman–Crippen LogP) is 3.55. The van der Waals surface area contributed by atoms with E-state index in [1.807, 2.05) is 0 Å². The summed E-state index contributed by atoms with van der Waals surface area (Å²) in [5.74, 6) is -1.14. The first-order valence-corrected chi connectivity index (χ1v) is 10.8. The number of benzene rings is 1. The lowest BCUT2D eigenvalue weighted by Crippen LogP contribution is -2.44. The molecule has 1 saturated heterocycles. The number of amides is 1. The zero-order valence-corrected chi connectivity index (χ0v) is 17.4. The number of carbonyl (C=O) groups excluding carboxylic acids is 1. The Hall–Kier alpha value is -1.38. The molecule has 1 unspecified atom stereocenters. The molecule has 1 fully saturated rings. The Morgan fingerprint density at radius 2 is 2.11 bits per heavy atom. The Morgan fingerprint density at radius 1 is 1.41 bits per heavy atom. The predicted molar refractivity (Wildman–Crippen MR) is 103 cm³/mol. The van der Waals surface area contributed by atoms with Gasteiger partial charge in [0.1, 0.15) is 11.4 Å². The third-order valence-corrected chi connectivity index (χ3v) is 6.32. The topological polar surface area (TPSA) is 75.7 Å². The summed E-state index contributed by atoms with van der Waals surface area (Å²) in [5, 5.41) is 2.78. The number of hydrogen-bond donors (Lipinski definition) is 1. The van der Waals surface area contributed by atoms with Crippen LogP contribution in [0.1, 0.15) is 39.2 Å². The van der Waals surface area contributed by atoms with E-state index in [0.717, 1.165) is 6.42 Å². The van der Waals surface area contributed by atoms with Crippen LogP contribution in [0, 0.1) is 11.7 Å². The second-order valence-corrected chi connectivity index (χ2v) is 10.1. The van der Waals surface area contributed by atoms with Crippen molar-refractivity contribution in [1.82, 2.24) is 9.62 Å². The van der Waals surface area contributed by atoms with E-state index in [9.17, 15) is 17.6 Å². The number of nitrogens with zero attached hydrogens (tertiary/aromatic N) is 1. The fraction of sp³-hybridized carbons (Fsp3) is 0.611. The molecule has 0 aliphatic carbocycles. The van der Waals surface area contributed by atoms with Crippen molar-refractivity contribution in [1.29, 1.82) is 0 Å². The van der Waals surface area contributed by atoms with Crippen molar-refractivity contribution in [3.63, 3.8) is 0 Å². The third kappa shape index (κ3) is 6.62. The highest BCUT2D eigenvalue weighted by molar-refractivity contribution is 7.88. The molecule has 1 atom stereocenters. The molecule has 0 radical (unpaired) electrons. The summed E-state index contributed by atoms with van der Waals surface area (Å²) in [5.41, 5.74) is -0.612. The molecular formula is C18H26ClFN2O4S. The van der Waals surface area contributed by atoms with E-state index in [1.54, 1.807) is 20.8 Å². The fourth-order valence-corrected chi connectivity index (χ4v) is 4.93. The van der Waals surface area contributed by atoms with E-state index in [0.29, 0.717) is 19.5 Å². The number of ether oxygens (including phenoxy) is 1. The van der Waals surface area contributed by atoms with Crippen molar-refractivity contribution < 1.29 is 22.3 Å². The smallest absolute Gasteiger partial charge is 0.407 e. The van der Waals surface area contributed by atoms with E-state index < -0.39 is 33.3 Å². The van der Waals surface area contributed by atoms with E-state index in [1.165, 1.54) is 22.5 Å². The molecule has 1 heterocycles. The van der Waals surface area contributed by atoms with Crippen LogP contribution in [0.25, 0.3) is 0 Å². The molecule has 1 aliphatic heterocycles. The Labute approximate surface area is 165 Å². The molecule has 2 rings (SSSR count). The maximum Gasteiger partial charge on any atom is 0.407 e. The molecule has 0 aromatic heterocycles. The first kappa shape index (κ1) is 21.9. The number of hydrogen-bond acceptors (Lipinski definition) is 4. The van der Waals surface area contributed by atoms with Gasteiger partial charge in [0.25, 0.3) is 0 Å². The normalized spacial score (nSPS) is 18.9. The lowest BCUT2D eigenvalue weighted by molar-refractivity contribution is 0.0513. The minimum Gasteiger partial charge on any atom is -0.444 e. The van der Waals surface area contributed by atoms with Gasteiger partial charge < -0.3 is 10.1 Å². The van der Waals surface area contributed by atoms with Gasteiger partial charge in [-0.05, 0) is 51.7 Å². The van der Waals surface area contributed by atoms with Crippen molar-refractivity contribution in [3.8, 4) is 0 Å². The molecule has 1 aromatic carbocycles. The summed E-state index contributed by atoms with van der Waals surface area (Å²) in [6.45, 7) is 6.28. The Morgan fingerprint density at radius 3 is 2.74 bits per heavy atom. The van der Waals surface area contributed by atoms with Crippen molar-refractivity contribution in [2.75, 3.05) is 19.6 Å². The zero-order valence-electron chi connectivity index (χ0n) is 15.8. The molecular weight excluding hydrogens is 395 g/mol. The number of halogens is 2. The minimum absolute atomic E-state index is 0.0202. The monoisotopic (exact) mass is 420 g/mol. The minimum atomic E-state index is -3.72. The van der Waals surface area contributed by atoms with Crippen LogP contribution in [0.2, 0.25) is 5.02 Å². The second-order valence-electron chi connectivity index (χ2n) is 7.71. The number of piperidine rings is 1. The Bertz CT molecular complexity index is 760. The average molecular weight is 421 g/mol. The molecule has 0 bridgehead atoms. The van der Waals surface area contributed by atoms with Crippen LogP contribution in [0.15, 0.2) is 18.2 Å². The van der Waals surface area contributed by atoms with Crippen LogP contribution in [-0.4, -0.2) is 44.1 Å². The van der Waals surface area contributed by atoms with Crippen LogP contribution in [0.3, 0.4) is 0 Å². The number of sulfonamides is 1. The maximum atomic E-state index is 13.9. The van der Waals surface area contributed by atoms with Crippen molar-refractivity contribution >= 4 is 27.7 Å². The summed E-state index contributed by atoms with van der Waals surface area (Å²) in [6, 6.07) is 4.10. The third-order valence-electron chi connectivity index (χ3n) is 4.20. The van der Waals surface area contributed by atoms with E-state index in [4.69, 9.17) is 16.3 Å². The summed E-state index contributed by atoms with van der Waals surface area (Å²) in [4.78, 5) is 11.8. The average Bonchev–Trinajstić information content (AvgIpc) is 2.55. The first-order chi connectivity index (χ1) is 12.5. The van der Waals surface area contributed by atoms with Crippen molar-refractivity contribution in [3.05, 3.63) is 34.6 Å². The first-order valence-electron chi connectivity index (χ1n) is 8.85. The summed E-state index contributed by atoms with van der Waals surface area (Å²) in [7, 11) is -3.72. The van der Waals surface area contributed by atoms with E-state index >= 15 is 0 Å². The van der Waals surface area contributed by atoms with Gasteiger partial charge >= 0.3 is 6.09 Å². The number of rotatable bonds is 5. The van der Waals surface area contributed by atoms with Gasteiger partial charge in [-0.1, -0.05) is 17.7 Å². The van der Waals surface area contributed by atoms with Gasteiger partial charge in [0, 0.05) is 30.2 Å². The summed E-state index contributed by atoms with van der Waals surface area (Å²) < 4.78 is 45.9. The fourth-order valence-electron chi connectivity index (χ4n) is 2.93. The van der Waals surface area contributed by atoms with Gasteiger partial charge in [-0.15, -0.1) is 0 Å².